The molecule has 1 heterocycles. The second-order valence-corrected chi connectivity index (χ2v) is 5.66. The second-order valence-electron chi connectivity index (χ2n) is 5.66. The third-order valence-corrected chi connectivity index (χ3v) is 3.62. The van der Waals surface area contributed by atoms with Crippen LogP contribution >= 0.6 is 0 Å². The van der Waals surface area contributed by atoms with Crippen molar-refractivity contribution in [2.24, 2.45) is 0 Å². The number of carbonyl (C=O) groups excluding carboxylic acids is 1. The molecule has 1 N–H and O–H groups in total. The fourth-order valence-electron chi connectivity index (χ4n) is 2.27. The normalized spacial score (nSPS) is 10.7. The average Bonchev–Trinajstić information content (AvgIpc) is 2.68. The largest absolute Gasteiger partial charge is 0.453 e. The molecule has 136 valence electrons. The summed E-state index contributed by atoms with van der Waals surface area (Å²) in [6.07, 6.45) is 5.99. The number of rotatable bonds is 6. The van der Waals surface area contributed by atoms with Crippen LogP contribution < -0.4 is 10.1 Å². The van der Waals surface area contributed by atoms with Gasteiger partial charge in [0.25, 0.3) is 0 Å². The maximum Gasteiger partial charge on any atom is 0.244 e. The molecule has 0 atom stereocenters. The van der Waals surface area contributed by atoms with Gasteiger partial charge >= 0.3 is 0 Å². The summed E-state index contributed by atoms with van der Waals surface area (Å²) in [4.78, 5) is 15.8. The van der Waals surface area contributed by atoms with Gasteiger partial charge in [-0.15, -0.1) is 0 Å². The van der Waals surface area contributed by atoms with Gasteiger partial charge in [-0.3, -0.25) is 9.78 Å². The highest BCUT2D eigenvalue weighted by Gasteiger charge is 2.07. The van der Waals surface area contributed by atoms with Gasteiger partial charge in [0.2, 0.25) is 5.91 Å². The predicted octanol–water partition coefficient (Wildman–Crippen LogP) is 4.48. The van der Waals surface area contributed by atoms with E-state index in [0.29, 0.717) is 16.9 Å². The van der Waals surface area contributed by atoms with Crippen LogP contribution in [-0.2, 0) is 11.3 Å². The Kier molecular flexibility index (Phi) is 5.89. The van der Waals surface area contributed by atoms with Crippen molar-refractivity contribution in [2.45, 2.75) is 6.54 Å². The van der Waals surface area contributed by atoms with E-state index in [4.69, 9.17) is 4.74 Å². The Morgan fingerprint density at radius 3 is 2.63 bits per heavy atom. The van der Waals surface area contributed by atoms with Crippen LogP contribution in [0.3, 0.4) is 0 Å². The van der Waals surface area contributed by atoms with Gasteiger partial charge in [-0.1, -0.05) is 18.2 Å². The molecule has 0 unspecified atom stereocenters. The van der Waals surface area contributed by atoms with Crippen molar-refractivity contribution in [3.63, 3.8) is 0 Å². The third kappa shape index (κ3) is 5.47. The molecule has 0 aliphatic rings. The number of hydrogen-bond donors (Lipinski definition) is 1. The molecule has 6 heteroatoms. The lowest BCUT2D eigenvalue weighted by Crippen LogP contribution is -2.20. The number of nitrogens with one attached hydrogen (secondary N) is 1. The van der Waals surface area contributed by atoms with Crippen molar-refractivity contribution in [3.05, 3.63) is 95.8 Å². The number of benzene rings is 2. The molecule has 2 aromatic carbocycles. The van der Waals surface area contributed by atoms with E-state index in [2.05, 4.69) is 10.3 Å². The Morgan fingerprint density at radius 2 is 1.93 bits per heavy atom. The summed E-state index contributed by atoms with van der Waals surface area (Å²) in [7, 11) is 0. The van der Waals surface area contributed by atoms with Crippen molar-refractivity contribution < 1.29 is 18.3 Å². The molecule has 0 saturated heterocycles. The van der Waals surface area contributed by atoms with Gasteiger partial charge in [0.15, 0.2) is 11.6 Å². The SMILES string of the molecule is O=C(/C=C/c1ccc(F)cc1)NCc1ccc(Oc2cccnc2)c(F)c1. The number of amides is 1. The maximum atomic E-state index is 14.2. The second kappa shape index (κ2) is 8.71. The minimum Gasteiger partial charge on any atom is -0.453 e. The highest BCUT2D eigenvalue weighted by Crippen LogP contribution is 2.24. The Labute approximate surface area is 155 Å². The van der Waals surface area contributed by atoms with Crippen LogP contribution in [0.25, 0.3) is 6.08 Å². The lowest BCUT2D eigenvalue weighted by molar-refractivity contribution is -0.116. The summed E-state index contributed by atoms with van der Waals surface area (Å²) in [6.45, 7) is 0.163. The Morgan fingerprint density at radius 1 is 1.11 bits per heavy atom. The molecule has 27 heavy (non-hydrogen) atoms. The van der Waals surface area contributed by atoms with Gasteiger partial charge in [-0.25, -0.2) is 8.78 Å². The predicted molar refractivity (Wildman–Crippen MR) is 98.0 cm³/mol. The van der Waals surface area contributed by atoms with E-state index in [1.54, 1.807) is 42.6 Å². The highest BCUT2D eigenvalue weighted by molar-refractivity contribution is 5.91. The van der Waals surface area contributed by atoms with E-state index in [1.165, 1.54) is 36.5 Å². The standard InChI is InChI=1S/C21H16F2N2O2/c22-17-7-3-15(4-8-17)6-10-21(26)25-13-16-5-9-20(19(23)12-16)27-18-2-1-11-24-14-18/h1-12,14H,13H2,(H,25,26)/b10-6+. The van der Waals surface area contributed by atoms with Crippen LogP contribution in [0, 0.1) is 11.6 Å². The lowest BCUT2D eigenvalue weighted by Gasteiger charge is -2.08. The van der Waals surface area contributed by atoms with Crippen molar-refractivity contribution in [2.75, 3.05) is 0 Å². The minimum atomic E-state index is -0.535. The zero-order chi connectivity index (χ0) is 19.1. The van der Waals surface area contributed by atoms with Crippen LogP contribution in [-0.4, -0.2) is 10.9 Å². The quantitative estimate of drug-likeness (QED) is 0.655. The zero-order valence-corrected chi connectivity index (χ0v) is 14.2. The minimum absolute atomic E-state index is 0.0780. The summed E-state index contributed by atoms with van der Waals surface area (Å²) in [6, 6.07) is 13.6. The molecule has 0 aliphatic carbocycles. The van der Waals surface area contributed by atoms with E-state index >= 15 is 0 Å². The molecule has 0 saturated carbocycles. The molecule has 0 radical (unpaired) electrons. The smallest absolute Gasteiger partial charge is 0.244 e. The maximum absolute atomic E-state index is 14.2. The molecule has 4 nitrogen and oxygen atoms in total. The molecule has 1 amide bonds. The number of carbonyl (C=O) groups is 1. The number of aromatic nitrogens is 1. The molecule has 0 spiro atoms. The molecule has 3 rings (SSSR count). The summed E-state index contributed by atoms with van der Waals surface area (Å²) in [5.41, 5.74) is 1.30. The van der Waals surface area contributed by atoms with Crippen molar-refractivity contribution in [3.8, 4) is 11.5 Å². The van der Waals surface area contributed by atoms with E-state index in [9.17, 15) is 13.6 Å². The van der Waals surface area contributed by atoms with E-state index in [0.717, 1.165) is 0 Å². The molecule has 1 aromatic heterocycles. The molecular weight excluding hydrogens is 350 g/mol. The summed E-state index contributed by atoms with van der Waals surface area (Å²) in [5.74, 6) is -0.699. The zero-order valence-electron chi connectivity index (χ0n) is 14.2. The first-order chi connectivity index (χ1) is 13.1. The first-order valence-corrected chi connectivity index (χ1v) is 8.18. The number of pyridine rings is 1. The number of hydrogen-bond acceptors (Lipinski definition) is 3. The van der Waals surface area contributed by atoms with Gasteiger partial charge in [0.1, 0.15) is 11.6 Å². The van der Waals surface area contributed by atoms with Crippen LogP contribution in [0.4, 0.5) is 8.78 Å². The summed E-state index contributed by atoms with van der Waals surface area (Å²) >= 11 is 0. The van der Waals surface area contributed by atoms with Gasteiger partial charge in [0.05, 0.1) is 6.20 Å². The van der Waals surface area contributed by atoms with Gasteiger partial charge in [-0.2, -0.15) is 0 Å². The van der Waals surface area contributed by atoms with E-state index in [-0.39, 0.29) is 24.0 Å². The monoisotopic (exact) mass is 366 g/mol. The van der Waals surface area contributed by atoms with Gasteiger partial charge in [-0.05, 0) is 53.6 Å². The Bertz CT molecular complexity index is 942. The van der Waals surface area contributed by atoms with E-state index < -0.39 is 5.82 Å². The van der Waals surface area contributed by atoms with Crippen LogP contribution in [0.5, 0.6) is 11.5 Å². The number of nitrogens with zero attached hydrogens (tertiary/aromatic N) is 1. The van der Waals surface area contributed by atoms with Gasteiger partial charge in [0, 0.05) is 18.8 Å². The van der Waals surface area contributed by atoms with Crippen LogP contribution in [0.15, 0.2) is 73.1 Å². The molecule has 3 aromatic rings. The first-order valence-electron chi connectivity index (χ1n) is 8.18. The van der Waals surface area contributed by atoms with Crippen LogP contribution in [0.1, 0.15) is 11.1 Å². The topological polar surface area (TPSA) is 51.2 Å². The highest BCUT2D eigenvalue weighted by atomic mass is 19.1. The fourth-order valence-corrected chi connectivity index (χ4v) is 2.27. The van der Waals surface area contributed by atoms with Crippen molar-refractivity contribution in [1.29, 1.82) is 0 Å². The van der Waals surface area contributed by atoms with Crippen molar-refractivity contribution >= 4 is 12.0 Å². The van der Waals surface area contributed by atoms with Crippen molar-refractivity contribution in [1.82, 2.24) is 10.3 Å². The fraction of sp³-hybridized carbons (Fsp3) is 0.0476. The molecule has 0 fully saturated rings. The third-order valence-electron chi connectivity index (χ3n) is 3.62. The van der Waals surface area contributed by atoms with E-state index in [1.807, 2.05) is 0 Å². The summed E-state index contributed by atoms with van der Waals surface area (Å²) in [5, 5.41) is 2.66. The van der Waals surface area contributed by atoms with Crippen LogP contribution in [0.2, 0.25) is 0 Å². The lowest BCUT2D eigenvalue weighted by atomic mass is 10.2. The first kappa shape index (κ1) is 18.3. The summed E-state index contributed by atoms with van der Waals surface area (Å²) < 4.78 is 32.4. The Balaban J connectivity index is 1.55. The molecular formula is C21H16F2N2O2. The average molecular weight is 366 g/mol. The molecule has 0 bridgehead atoms. The van der Waals surface area contributed by atoms with Gasteiger partial charge < -0.3 is 10.1 Å². The number of halogens is 2. The molecule has 0 aliphatic heterocycles. The number of ether oxygens (including phenoxy) is 1. The Hall–Kier alpha value is -3.54.